The molecule has 1 heteroatoms. The summed E-state index contributed by atoms with van der Waals surface area (Å²) in [7, 11) is 0. The predicted molar refractivity (Wildman–Crippen MR) is 84.2 cm³/mol. The van der Waals surface area contributed by atoms with E-state index in [0.717, 1.165) is 11.4 Å². The lowest BCUT2D eigenvalue weighted by Crippen LogP contribution is -1.94. The van der Waals surface area contributed by atoms with Gasteiger partial charge in [0.15, 0.2) is 0 Å². The van der Waals surface area contributed by atoms with Crippen LogP contribution < -0.4 is 5.32 Å². The van der Waals surface area contributed by atoms with E-state index in [-0.39, 0.29) is 0 Å². The number of benzene rings is 2. The molecule has 2 aromatic rings. The number of nitrogens with one attached hydrogen (secondary N) is 1. The Bertz CT molecular complexity index is 574. The number of allylic oxidation sites excluding steroid dienone is 1. The lowest BCUT2D eigenvalue weighted by molar-refractivity contribution is 1.43. The zero-order valence-electron chi connectivity index (χ0n) is 11.5. The smallest absolute Gasteiger partial charge is 0.0384 e. The van der Waals surface area contributed by atoms with E-state index < -0.39 is 0 Å². The average Bonchev–Trinajstić information content (AvgIpc) is 2.41. The van der Waals surface area contributed by atoms with E-state index in [2.05, 4.69) is 80.4 Å². The fourth-order valence-electron chi connectivity index (χ4n) is 1.74. The standard InChI is InChI=1S/C18H19N/c1-14-4-9-17(10-5-14)11-8-16(3)19-18-12-6-15(2)7-13-18/h4-13,19H,3H2,1-2H3/b11-8+. The maximum Gasteiger partial charge on any atom is 0.0384 e. The topological polar surface area (TPSA) is 12.0 Å². The quantitative estimate of drug-likeness (QED) is 0.756. The van der Waals surface area contributed by atoms with Crippen molar-refractivity contribution < 1.29 is 0 Å². The molecule has 0 aliphatic rings. The first kappa shape index (κ1) is 13.2. The zero-order chi connectivity index (χ0) is 13.7. The first-order valence-corrected chi connectivity index (χ1v) is 6.41. The highest BCUT2D eigenvalue weighted by Gasteiger charge is 1.92. The molecule has 0 fully saturated rings. The van der Waals surface area contributed by atoms with Crippen molar-refractivity contribution in [2.24, 2.45) is 0 Å². The molecule has 0 radical (unpaired) electrons. The van der Waals surface area contributed by atoms with Crippen LogP contribution in [0.25, 0.3) is 6.08 Å². The van der Waals surface area contributed by atoms with Crippen LogP contribution in [0, 0.1) is 13.8 Å². The van der Waals surface area contributed by atoms with Crippen LogP contribution in [0.3, 0.4) is 0 Å². The Hall–Kier alpha value is -2.28. The molecule has 0 aliphatic heterocycles. The van der Waals surface area contributed by atoms with Gasteiger partial charge in [-0.1, -0.05) is 60.2 Å². The van der Waals surface area contributed by atoms with Crippen LogP contribution in [0.2, 0.25) is 0 Å². The van der Waals surface area contributed by atoms with Crippen LogP contribution in [0.15, 0.2) is 66.9 Å². The van der Waals surface area contributed by atoms with Gasteiger partial charge in [-0.15, -0.1) is 0 Å². The molecule has 2 aromatic carbocycles. The van der Waals surface area contributed by atoms with Crippen molar-refractivity contribution in [2.75, 3.05) is 5.32 Å². The Morgan fingerprint density at radius 1 is 0.895 bits per heavy atom. The van der Waals surface area contributed by atoms with Crippen LogP contribution in [-0.4, -0.2) is 0 Å². The van der Waals surface area contributed by atoms with Gasteiger partial charge in [0, 0.05) is 11.4 Å². The molecule has 0 saturated heterocycles. The summed E-state index contributed by atoms with van der Waals surface area (Å²) in [6.45, 7) is 8.18. The number of hydrogen-bond acceptors (Lipinski definition) is 1. The monoisotopic (exact) mass is 249 g/mol. The summed E-state index contributed by atoms with van der Waals surface area (Å²) in [6.07, 6.45) is 4.05. The fourth-order valence-corrected chi connectivity index (χ4v) is 1.74. The Morgan fingerprint density at radius 2 is 1.42 bits per heavy atom. The van der Waals surface area contributed by atoms with E-state index in [0.29, 0.717) is 0 Å². The van der Waals surface area contributed by atoms with E-state index in [1.54, 1.807) is 0 Å². The average molecular weight is 249 g/mol. The molecule has 2 rings (SSSR count). The molecule has 0 atom stereocenters. The largest absolute Gasteiger partial charge is 0.356 e. The normalized spacial score (nSPS) is 10.6. The molecule has 0 aliphatic carbocycles. The van der Waals surface area contributed by atoms with Gasteiger partial charge in [0.1, 0.15) is 0 Å². The number of hydrogen-bond donors (Lipinski definition) is 1. The zero-order valence-corrected chi connectivity index (χ0v) is 11.5. The van der Waals surface area contributed by atoms with Crippen LogP contribution in [0.1, 0.15) is 16.7 Å². The van der Waals surface area contributed by atoms with Crippen LogP contribution in [0.5, 0.6) is 0 Å². The molecular formula is C18H19N. The van der Waals surface area contributed by atoms with Crippen molar-refractivity contribution in [1.82, 2.24) is 0 Å². The summed E-state index contributed by atoms with van der Waals surface area (Å²) < 4.78 is 0. The summed E-state index contributed by atoms with van der Waals surface area (Å²) in [5.41, 5.74) is 5.64. The van der Waals surface area contributed by atoms with Gasteiger partial charge in [-0.2, -0.15) is 0 Å². The lowest BCUT2D eigenvalue weighted by atomic mass is 10.1. The second kappa shape index (κ2) is 6.05. The van der Waals surface area contributed by atoms with Crippen LogP contribution in [-0.2, 0) is 0 Å². The highest BCUT2D eigenvalue weighted by atomic mass is 14.9. The molecule has 0 spiro atoms. The number of anilines is 1. The summed E-state index contributed by atoms with van der Waals surface area (Å²) in [5, 5.41) is 3.27. The van der Waals surface area contributed by atoms with Crippen LogP contribution in [0.4, 0.5) is 5.69 Å². The molecule has 19 heavy (non-hydrogen) atoms. The van der Waals surface area contributed by atoms with E-state index in [1.165, 1.54) is 16.7 Å². The number of aryl methyl sites for hydroxylation is 2. The molecular weight excluding hydrogens is 230 g/mol. The minimum Gasteiger partial charge on any atom is -0.356 e. The SMILES string of the molecule is C=C(/C=C/c1ccc(C)cc1)Nc1ccc(C)cc1. The van der Waals surface area contributed by atoms with E-state index in [4.69, 9.17) is 0 Å². The van der Waals surface area contributed by atoms with Gasteiger partial charge in [0.2, 0.25) is 0 Å². The first-order chi connectivity index (χ1) is 9.13. The Kier molecular flexibility index (Phi) is 4.19. The Balaban J connectivity index is 1.97. The molecule has 0 aromatic heterocycles. The first-order valence-electron chi connectivity index (χ1n) is 6.41. The highest BCUT2D eigenvalue weighted by molar-refractivity contribution is 5.57. The molecule has 0 bridgehead atoms. The van der Waals surface area contributed by atoms with Crippen LogP contribution >= 0.6 is 0 Å². The summed E-state index contributed by atoms with van der Waals surface area (Å²) >= 11 is 0. The second-order valence-electron chi connectivity index (χ2n) is 4.76. The van der Waals surface area contributed by atoms with Gasteiger partial charge < -0.3 is 5.32 Å². The summed E-state index contributed by atoms with van der Waals surface area (Å²) in [5.74, 6) is 0. The summed E-state index contributed by atoms with van der Waals surface area (Å²) in [6, 6.07) is 16.7. The third-order valence-electron chi connectivity index (χ3n) is 2.91. The van der Waals surface area contributed by atoms with Crippen molar-refractivity contribution >= 4 is 11.8 Å². The Labute approximate surface area is 115 Å². The highest BCUT2D eigenvalue weighted by Crippen LogP contribution is 2.12. The van der Waals surface area contributed by atoms with Crippen molar-refractivity contribution in [2.45, 2.75) is 13.8 Å². The van der Waals surface area contributed by atoms with E-state index >= 15 is 0 Å². The maximum atomic E-state index is 4.01. The Morgan fingerprint density at radius 3 is 2.00 bits per heavy atom. The van der Waals surface area contributed by atoms with Crippen molar-refractivity contribution in [1.29, 1.82) is 0 Å². The van der Waals surface area contributed by atoms with E-state index in [1.807, 2.05) is 6.08 Å². The molecule has 0 saturated carbocycles. The molecule has 96 valence electrons. The number of rotatable bonds is 4. The molecule has 1 N–H and O–H groups in total. The van der Waals surface area contributed by atoms with Crippen molar-refractivity contribution in [3.05, 3.63) is 83.6 Å². The minimum absolute atomic E-state index is 0.879. The van der Waals surface area contributed by atoms with Gasteiger partial charge >= 0.3 is 0 Å². The van der Waals surface area contributed by atoms with Gasteiger partial charge in [-0.3, -0.25) is 0 Å². The fraction of sp³-hybridized carbons (Fsp3) is 0.111. The second-order valence-corrected chi connectivity index (χ2v) is 4.76. The predicted octanol–water partition coefficient (Wildman–Crippen LogP) is 4.94. The van der Waals surface area contributed by atoms with Crippen molar-refractivity contribution in [3.63, 3.8) is 0 Å². The third kappa shape index (κ3) is 4.14. The van der Waals surface area contributed by atoms with Gasteiger partial charge in [0.25, 0.3) is 0 Å². The maximum absolute atomic E-state index is 4.01. The van der Waals surface area contributed by atoms with Gasteiger partial charge in [0.05, 0.1) is 0 Å². The third-order valence-corrected chi connectivity index (χ3v) is 2.91. The molecule has 0 unspecified atom stereocenters. The van der Waals surface area contributed by atoms with Crippen molar-refractivity contribution in [3.8, 4) is 0 Å². The summed E-state index contributed by atoms with van der Waals surface area (Å²) in [4.78, 5) is 0. The van der Waals surface area contributed by atoms with Gasteiger partial charge in [-0.25, -0.2) is 0 Å². The molecule has 1 nitrogen and oxygen atoms in total. The van der Waals surface area contributed by atoms with E-state index in [9.17, 15) is 0 Å². The molecule has 0 amide bonds. The molecule has 0 heterocycles. The minimum atomic E-state index is 0.879. The lowest BCUT2D eigenvalue weighted by Gasteiger charge is -2.06. The van der Waals surface area contributed by atoms with Gasteiger partial charge in [-0.05, 0) is 37.6 Å².